The number of fused-ring (bicyclic) bond motifs is 1. The first kappa shape index (κ1) is 16.4. The Kier molecular flexibility index (Phi) is 4.63. The predicted molar refractivity (Wildman–Crippen MR) is 103 cm³/mol. The average Bonchev–Trinajstić information content (AvgIpc) is 3.33. The van der Waals surface area contributed by atoms with Gasteiger partial charge in [0.25, 0.3) is 0 Å². The van der Waals surface area contributed by atoms with Crippen molar-refractivity contribution in [2.75, 3.05) is 10.7 Å². The molecule has 0 spiro atoms. The Balaban J connectivity index is 1.35. The number of nitrogens with zero attached hydrogens (tertiary/aromatic N) is 2. The minimum absolute atomic E-state index is 0.157. The van der Waals surface area contributed by atoms with Gasteiger partial charge in [0.2, 0.25) is 11.8 Å². The molecule has 1 aliphatic rings. The van der Waals surface area contributed by atoms with E-state index in [2.05, 4.69) is 18.0 Å². The zero-order valence-corrected chi connectivity index (χ0v) is 15.5. The van der Waals surface area contributed by atoms with Gasteiger partial charge in [-0.1, -0.05) is 24.3 Å². The van der Waals surface area contributed by atoms with Crippen molar-refractivity contribution in [1.82, 2.24) is 4.98 Å². The number of carbonyl (C=O) groups excluding carboxylic acids is 1. The number of benzene rings is 1. The predicted octanol–water partition coefficient (Wildman–Crippen LogP) is 4.61. The van der Waals surface area contributed by atoms with Crippen LogP contribution in [0.4, 0.5) is 5.69 Å². The molecule has 3 aromatic rings. The number of para-hydroxylation sites is 1. The van der Waals surface area contributed by atoms with Gasteiger partial charge in [-0.05, 0) is 36.4 Å². The molecule has 4 nitrogen and oxygen atoms in total. The molecule has 0 fully saturated rings. The zero-order chi connectivity index (χ0) is 17.2. The molecule has 0 saturated carbocycles. The number of aromatic nitrogens is 1. The molecule has 0 unspecified atom stereocenters. The van der Waals surface area contributed by atoms with E-state index in [9.17, 15) is 4.79 Å². The second-order valence-corrected chi connectivity index (χ2v) is 7.99. The topological polar surface area (TPSA) is 46.3 Å². The maximum atomic E-state index is 12.7. The van der Waals surface area contributed by atoms with Gasteiger partial charge in [0.15, 0.2) is 0 Å². The summed E-state index contributed by atoms with van der Waals surface area (Å²) in [6.45, 7) is 2.10. The van der Waals surface area contributed by atoms with Crippen LogP contribution in [0.25, 0.3) is 10.8 Å². The third kappa shape index (κ3) is 3.37. The lowest BCUT2D eigenvalue weighted by Crippen LogP contribution is -2.37. The van der Waals surface area contributed by atoms with E-state index in [1.165, 1.54) is 5.56 Å². The van der Waals surface area contributed by atoms with Crippen molar-refractivity contribution in [2.45, 2.75) is 25.1 Å². The molecular weight excluding hydrogens is 352 g/mol. The molecule has 128 valence electrons. The summed E-state index contributed by atoms with van der Waals surface area (Å²) >= 11 is 3.18. The van der Waals surface area contributed by atoms with Crippen LogP contribution < -0.4 is 4.90 Å². The van der Waals surface area contributed by atoms with Crippen LogP contribution in [0.2, 0.25) is 0 Å². The summed E-state index contributed by atoms with van der Waals surface area (Å²) in [6, 6.07) is 12.4. The number of rotatable bonds is 5. The molecule has 2 aromatic heterocycles. The molecule has 0 aliphatic carbocycles. The Labute approximate surface area is 154 Å². The van der Waals surface area contributed by atoms with Gasteiger partial charge in [-0.25, -0.2) is 4.98 Å². The van der Waals surface area contributed by atoms with Crippen LogP contribution in [0.15, 0.2) is 52.5 Å². The van der Waals surface area contributed by atoms with E-state index in [0.717, 1.165) is 22.7 Å². The number of amides is 1. The molecule has 3 heterocycles. The smallest absolute Gasteiger partial charge is 0.237 e. The molecule has 0 bridgehead atoms. The summed E-state index contributed by atoms with van der Waals surface area (Å²) in [6.07, 6.45) is 2.61. The maximum absolute atomic E-state index is 12.7. The molecule has 4 rings (SSSR count). The fourth-order valence-electron chi connectivity index (χ4n) is 3.14. The van der Waals surface area contributed by atoms with E-state index in [0.29, 0.717) is 17.4 Å². The minimum Gasteiger partial charge on any atom is -0.444 e. The Bertz CT molecular complexity index is 873. The van der Waals surface area contributed by atoms with Crippen molar-refractivity contribution in [3.63, 3.8) is 0 Å². The first-order valence-electron chi connectivity index (χ1n) is 8.18. The number of oxazole rings is 1. The van der Waals surface area contributed by atoms with Crippen molar-refractivity contribution in [3.8, 4) is 10.8 Å². The molecule has 0 saturated heterocycles. The van der Waals surface area contributed by atoms with E-state index in [4.69, 9.17) is 4.42 Å². The molecule has 25 heavy (non-hydrogen) atoms. The number of thioether (sulfide) groups is 1. The molecule has 6 heteroatoms. The number of anilines is 1. The standard InChI is InChI=1S/C19H18N2O2S2/c1-13-9-14-5-2-3-6-16(14)21(13)18(22)12-24-11-15-10-23-19(20-15)17-7-4-8-25-17/h2-8,10,13H,9,11-12H2,1H3/t13-/m0/s1. The lowest BCUT2D eigenvalue weighted by molar-refractivity contribution is -0.116. The Morgan fingerprint density at radius 1 is 1.36 bits per heavy atom. The van der Waals surface area contributed by atoms with Crippen molar-refractivity contribution in [2.24, 2.45) is 0 Å². The van der Waals surface area contributed by atoms with Crippen molar-refractivity contribution in [1.29, 1.82) is 0 Å². The third-order valence-corrected chi connectivity index (χ3v) is 6.04. The first-order valence-corrected chi connectivity index (χ1v) is 10.2. The van der Waals surface area contributed by atoms with Crippen LogP contribution in [0.1, 0.15) is 18.2 Å². The molecule has 0 N–H and O–H groups in total. The lowest BCUT2D eigenvalue weighted by atomic mass is 10.1. The second kappa shape index (κ2) is 7.06. The molecule has 1 atom stereocenters. The summed E-state index contributed by atoms with van der Waals surface area (Å²) in [7, 11) is 0. The van der Waals surface area contributed by atoms with Crippen molar-refractivity contribution < 1.29 is 9.21 Å². The fraction of sp³-hybridized carbons (Fsp3) is 0.263. The largest absolute Gasteiger partial charge is 0.444 e. The molecule has 1 aliphatic heterocycles. The number of carbonyl (C=O) groups is 1. The van der Waals surface area contributed by atoms with Crippen LogP contribution in [-0.2, 0) is 17.0 Å². The highest BCUT2D eigenvalue weighted by Crippen LogP contribution is 2.32. The number of thiophene rings is 1. The number of hydrogen-bond donors (Lipinski definition) is 0. The summed E-state index contributed by atoms with van der Waals surface area (Å²) in [5, 5.41) is 2.00. The van der Waals surface area contributed by atoms with Gasteiger partial charge in [0.1, 0.15) is 6.26 Å². The van der Waals surface area contributed by atoms with Crippen LogP contribution in [0, 0.1) is 0 Å². The SMILES string of the molecule is C[C@H]1Cc2ccccc2N1C(=O)CSCc1coc(-c2cccs2)n1. The third-order valence-electron chi connectivity index (χ3n) is 4.24. The van der Waals surface area contributed by atoms with E-state index in [1.54, 1.807) is 29.4 Å². The lowest BCUT2D eigenvalue weighted by Gasteiger charge is -2.22. The maximum Gasteiger partial charge on any atom is 0.237 e. The highest BCUT2D eigenvalue weighted by molar-refractivity contribution is 7.99. The summed E-state index contributed by atoms with van der Waals surface area (Å²) in [5.41, 5.74) is 3.18. The molecule has 1 amide bonds. The van der Waals surface area contributed by atoms with E-state index < -0.39 is 0 Å². The van der Waals surface area contributed by atoms with Gasteiger partial charge in [-0.3, -0.25) is 4.79 Å². The van der Waals surface area contributed by atoms with Gasteiger partial charge < -0.3 is 9.32 Å². The Morgan fingerprint density at radius 3 is 3.08 bits per heavy atom. The van der Waals surface area contributed by atoms with Crippen LogP contribution in [0.3, 0.4) is 0 Å². The molecular formula is C19H18N2O2S2. The van der Waals surface area contributed by atoms with Gasteiger partial charge in [-0.2, -0.15) is 0 Å². The zero-order valence-electron chi connectivity index (χ0n) is 13.8. The van der Waals surface area contributed by atoms with Gasteiger partial charge in [-0.15, -0.1) is 23.1 Å². The van der Waals surface area contributed by atoms with Gasteiger partial charge in [0.05, 0.1) is 16.3 Å². The van der Waals surface area contributed by atoms with Gasteiger partial charge in [0, 0.05) is 17.5 Å². The minimum atomic E-state index is 0.157. The van der Waals surface area contributed by atoms with E-state index in [-0.39, 0.29) is 11.9 Å². The summed E-state index contributed by atoms with van der Waals surface area (Å²) < 4.78 is 5.52. The second-order valence-electron chi connectivity index (χ2n) is 6.06. The quantitative estimate of drug-likeness (QED) is 0.658. The van der Waals surface area contributed by atoms with E-state index in [1.807, 2.05) is 40.6 Å². The summed E-state index contributed by atoms with van der Waals surface area (Å²) in [5.74, 6) is 1.92. The highest BCUT2D eigenvalue weighted by atomic mass is 32.2. The van der Waals surface area contributed by atoms with Crippen LogP contribution >= 0.6 is 23.1 Å². The highest BCUT2D eigenvalue weighted by Gasteiger charge is 2.30. The monoisotopic (exact) mass is 370 g/mol. The van der Waals surface area contributed by atoms with Crippen LogP contribution in [-0.4, -0.2) is 22.7 Å². The van der Waals surface area contributed by atoms with Crippen molar-refractivity contribution >= 4 is 34.7 Å². The normalized spacial score (nSPS) is 16.2. The first-order chi connectivity index (χ1) is 12.2. The van der Waals surface area contributed by atoms with E-state index >= 15 is 0 Å². The van der Waals surface area contributed by atoms with Crippen LogP contribution in [0.5, 0.6) is 0 Å². The van der Waals surface area contributed by atoms with Crippen molar-refractivity contribution in [3.05, 3.63) is 59.3 Å². The molecule has 1 aromatic carbocycles. The molecule has 0 radical (unpaired) electrons. The Hall–Kier alpha value is -2.05. The average molecular weight is 370 g/mol. The fourth-order valence-corrected chi connectivity index (χ4v) is 4.56. The summed E-state index contributed by atoms with van der Waals surface area (Å²) in [4.78, 5) is 20.1. The Morgan fingerprint density at radius 2 is 2.24 bits per heavy atom. The van der Waals surface area contributed by atoms with Gasteiger partial charge >= 0.3 is 0 Å². The number of hydrogen-bond acceptors (Lipinski definition) is 5.